The number of rotatable bonds is 4. The first-order valence-corrected chi connectivity index (χ1v) is 6.11. The monoisotopic (exact) mass is 263 g/mol. The van der Waals surface area contributed by atoms with Crippen LogP contribution >= 0.6 is 0 Å². The standard InChI is InChI=1S/C14H17NO4/c1-18-12(16)14(13(17)19-2)8-9-15(14)10-11-6-4-3-5-7-11/h3-7H,8-10H2,1-2H3. The number of benzene rings is 1. The van der Waals surface area contributed by atoms with Crippen LogP contribution in [0.3, 0.4) is 0 Å². The molecule has 0 bridgehead atoms. The molecule has 0 aromatic heterocycles. The van der Waals surface area contributed by atoms with E-state index in [1.54, 1.807) is 4.90 Å². The number of ether oxygens (including phenoxy) is 2. The summed E-state index contributed by atoms with van der Waals surface area (Å²) in [6.45, 7) is 1.18. The van der Waals surface area contributed by atoms with Crippen LogP contribution in [0.15, 0.2) is 30.3 Å². The zero-order valence-corrected chi connectivity index (χ0v) is 11.1. The SMILES string of the molecule is COC(=O)C1(C(=O)OC)CCN1Cc1ccccc1. The van der Waals surface area contributed by atoms with Crippen molar-refractivity contribution in [3.05, 3.63) is 35.9 Å². The van der Waals surface area contributed by atoms with E-state index in [1.165, 1.54) is 14.2 Å². The molecule has 0 amide bonds. The number of carbonyl (C=O) groups is 2. The summed E-state index contributed by atoms with van der Waals surface area (Å²) >= 11 is 0. The van der Waals surface area contributed by atoms with Gasteiger partial charge in [-0.3, -0.25) is 4.90 Å². The van der Waals surface area contributed by atoms with Gasteiger partial charge in [0.15, 0.2) is 0 Å². The summed E-state index contributed by atoms with van der Waals surface area (Å²) in [5.74, 6) is -1.11. The van der Waals surface area contributed by atoms with Crippen molar-refractivity contribution >= 4 is 11.9 Å². The van der Waals surface area contributed by atoms with Gasteiger partial charge in [-0.05, 0) is 5.56 Å². The smallest absolute Gasteiger partial charge is 0.338 e. The van der Waals surface area contributed by atoms with Crippen LogP contribution in [-0.2, 0) is 25.6 Å². The number of hydrogen-bond donors (Lipinski definition) is 0. The maximum atomic E-state index is 12.0. The van der Waals surface area contributed by atoms with Crippen LogP contribution in [-0.4, -0.2) is 43.1 Å². The van der Waals surface area contributed by atoms with Crippen LogP contribution in [0.5, 0.6) is 0 Å². The number of nitrogens with zero attached hydrogens (tertiary/aromatic N) is 1. The van der Waals surface area contributed by atoms with Crippen molar-refractivity contribution in [3.8, 4) is 0 Å². The quantitative estimate of drug-likeness (QED) is 0.598. The molecule has 0 aliphatic carbocycles. The molecule has 0 atom stereocenters. The van der Waals surface area contributed by atoms with Gasteiger partial charge in [-0.2, -0.15) is 0 Å². The van der Waals surface area contributed by atoms with Gasteiger partial charge in [-0.1, -0.05) is 30.3 Å². The summed E-state index contributed by atoms with van der Waals surface area (Å²) < 4.78 is 9.53. The van der Waals surface area contributed by atoms with Crippen molar-refractivity contribution in [2.45, 2.75) is 18.5 Å². The first kappa shape index (κ1) is 13.5. The minimum Gasteiger partial charge on any atom is -0.467 e. The molecule has 1 aromatic rings. The summed E-state index contributed by atoms with van der Waals surface area (Å²) in [7, 11) is 2.57. The van der Waals surface area contributed by atoms with E-state index in [2.05, 4.69) is 0 Å². The van der Waals surface area contributed by atoms with Crippen molar-refractivity contribution in [1.82, 2.24) is 4.90 Å². The molecule has 0 radical (unpaired) electrons. The Balaban J connectivity index is 2.21. The average molecular weight is 263 g/mol. The molecule has 5 nitrogen and oxygen atoms in total. The minimum absolute atomic E-state index is 0.430. The third-order valence-electron chi connectivity index (χ3n) is 3.55. The predicted molar refractivity (Wildman–Crippen MR) is 68.2 cm³/mol. The second-order valence-electron chi connectivity index (χ2n) is 4.50. The van der Waals surface area contributed by atoms with Crippen molar-refractivity contribution in [3.63, 3.8) is 0 Å². The van der Waals surface area contributed by atoms with E-state index < -0.39 is 17.5 Å². The molecule has 1 heterocycles. The second kappa shape index (κ2) is 5.40. The highest BCUT2D eigenvalue weighted by Gasteiger charge is 2.59. The fourth-order valence-electron chi connectivity index (χ4n) is 2.39. The molecule has 0 unspecified atom stereocenters. The van der Waals surface area contributed by atoms with Gasteiger partial charge in [0, 0.05) is 19.5 Å². The Morgan fingerprint density at radius 2 is 1.74 bits per heavy atom. The Labute approximate surface area is 112 Å². The van der Waals surface area contributed by atoms with Gasteiger partial charge in [-0.25, -0.2) is 9.59 Å². The Hall–Kier alpha value is -1.88. The molecule has 102 valence electrons. The Morgan fingerprint density at radius 1 is 1.16 bits per heavy atom. The number of esters is 2. The van der Waals surface area contributed by atoms with Crippen molar-refractivity contribution in [1.29, 1.82) is 0 Å². The summed E-state index contributed by atoms with van der Waals surface area (Å²) in [5.41, 5.74) is -0.237. The zero-order chi connectivity index (χ0) is 13.9. The highest BCUT2D eigenvalue weighted by molar-refractivity contribution is 6.06. The Kier molecular flexibility index (Phi) is 3.85. The molecule has 1 aliphatic heterocycles. The van der Waals surface area contributed by atoms with E-state index in [1.807, 2.05) is 30.3 Å². The van der Waals surface area contributed by atoms with Gasteiger partial charge in [0.25, 0.3) is 0 Å². The number of likely N-dealkylation sites (tertiary alicyclic amines) is 1. The Morgan fingerprint density at radius 3 is 2.16 bits per heavy atom. The number of methoxy groups -OCH3 is 2. The maximum absolute atomic E-state index is 12.0. The lowest BCUT2D eigenvalue weighted by atomic mass is 9.84. The van der Waals surface area contributed by atoms with Gasteiger partial charge in [0.2, 0.25) is 5.54 Å². The van der Waals surface area contributed by atoms with Crippen LogP contribution in [0.4, 0.5) is 0 Å². The molecule has 1 saturated heterocycles. The lowest BCUT2D eigenvalue weighted by Gasteiger charge is -2.47. The largest absolute Gasteiger partial charge is 0.467 e. The molecule has 0 saturated carbocycles. The minimum atomic E-state index is -1.28. The molecule has 1 aromatic carbocycles. The predicted octanol–water partition coefficient (Wildman–Crippen LogP) is 0.977. The molecule has 1 aliphatic rings. The molecule has 0 N–H and O–H groups in total. The summed E-state index contributed by atoms with van der Waals surface area (Å²) in [5, 5.41) is 0. The molecule has 2 rings (SSSR count). The van der Waals surface area contributed by atoms with Gasteiger partial charge >= 0.3 is 11.9 Å². The lowest BCUT2D eigenvalue weighted by Crippen LogP contribution is -2.69. The number of carbonyl (C=O) groups excluding carboxylic acids is 2. The zero-order valence-electron chi connectivity index (χ0n) is 11.1. The van der Waals surface area contributed by atoms with Gasteiger partial charge in [-0.15, -0.1) is 0 Å². The van der Waals surface area contributed by atoms with Crippen molar-refractivity contribution < 1.29 is 19.1 Å². The third-order valence-corrected chi connectivity index (χ3v) is 3.55. The fraction of sp³-hybridized carbons (Fsp3) is 0.429. The molecule has 1 fully saturated rings. The highest BCUT2D eigenvalue weighted by atomic mass is 16.5. The first-order valence-electron chi connectivity index (χ1n) is 6.11. The van der Waals surface area contributed by atoms with Crippen LogP contribution in [0.2, 0.25) is 0 Å². The molecule has 5 heteroatoms. The summed E-state index contributed by atoms with van der Waals surface area (Å²) in [6, 6.07) is 9.68. The van der Waals surface area contributed by atoms with Gasteiger partial charge in [0.05, 0.1) is 14.2 Å². The topological polar surface area (TPSA) is 55.8 Å². The Bertz CT molecular complexity index is 456. The van der Waals surface area contributed by atoms with E-state index in [0.29, 0.717) is 19.5 Å². The third kappa shape index (κ3) is 2.21. The van der Waals surface area contributed by atoms with Crippen LogP contribution in [0, 0.1) is 0 Å². The van der Waals surface area contributed by atoms with Crippen LogP contribution < -0.4 is 0 Å². The first-order chi connectivity index (χ1) is 9.15. The highest BCUT2D eigenvalue weighted by Crippen LogP contribution is 2.34. The fourth-order valence-corrected chi connectivity index (χ4v) is 2.39. The maximum Gasteiger partial charge on any atom is 0.338 e. The lowest BCUT2D eigenvalue weighted by molar-refractivity contribution is -0.184. The summed E-state index contributed by atoms with van der Waals surface area (Å²) in [6.07, 6.45) is 0.430. The number of hydrogen-bond acceptors (Lipinski definition) is 5. The van der Waals surface area contributed by atoms with Gasteiger partial charge in [0.1, 0.15) is 0 Å². The van der Waals surface area contributed by atoms with Crippen molar-refractivity contribution in [2.24, 2.45) is 0 Å². The normalized spacial score (nSPS) is 17.4. The van der Waals surface area contributed by atoms with E-state index >= 15 is 0 Å². The van der Waals surface area contributed by atoms with Crippen molar-refractivity contribution in [2.75, 3.05) is 20.8 Å². The van der Waals surface area contributed by atoms with E-state index in [-0.39, 0.29) is 0 Å². The molecular weight excluding hydrogens is 246 g/mol. The summed E-state index contributed by atoms with van der Waals surface area (Å²) in [4.78, 5) is 25.7. The van der Waals surface area contributed by atoms with E-state index in [4.69, 9.17) is 9.47 Å². The van der Waals surface area contributed by atoms with E-state index in [9.17, 15) is 9.59 Å². The van der Waals surface area contributed by atoms with Crippen LogP contribution in [0.25, 0.3) is 0 Å². The molecule has 19 heavy (non-hydrogen) atoms. The molecular formula is C14H17NO4. The molecule has 0 spiro atoms. The second-order valence-corrected chi connectivity index (χ2v) is 4.50. The van der Waals surface area contributed by atoms with Gasteiger partial charge < -0.3 is 9.47 Å². The van der Waals surface area contributed by atoms with E-state index in [0.717, 1.165) is 5.56 Å². The average Bonchev–Trinajstić information content (AvgIpc) is 2.44. The van der Waals surface area contributed by atoms with Crippen LogP contribution in [0.1, 0.15) is 12.0 Å².